The van der Waals surface area contributed by atoms with Crippen molar-refractivity contribution in [3.8, 4) is 0 Å². The van der Waals surface area contributed by atoms with Gasteiger partial charge in [-0.15, -0.1) is 11.3 Å². The third-order valence-corrected chi connectivity index (χ3v) is 5.32. The molecule has 3 nitrogen and oxygen atoms in total. The number of carbonyl (C=O) groups excluding carboxylic acids is 1. The van der Waals surface area contributed by atoms with Crippen LogP contribution in [0, 0.1) is 11.6 Å². The number of hydrogen-bond acceptors (Lipinski definition) is 3. The highest BCUT2D eigenvalue weighted by molar-refractivity contribution is 7.14. The van der Waals surface area contributed by atoms with Crippen LogP contribution in [-0.4, -0.2) is 19.1 Å². The Morgan fingerprint density at radius 3 is 2.91 bits per heavy atom. The zero-order chi connectivity index (χ0) is 15.3. The molecule has 2 aliphatic heterocycles. The molecule has 0 saturated carbocycles. The molecule has 2 aromatic rings. The summed E-state index contributed by atoms with van der Waals surface area (Å²) >= 11 is 1.45. The molecule has 114 valence electrons. The molecule has 22 heavy (non-hydrogen) atoms. The molecule has 1 aromatic carbocycles. The van der Waals surface area contributed by atoms with Gasteiger partial charge in [-0.3, -0.25) is 4.79 Å². The van der Waals surface area contributed by atoms with Crippen LogP contribution in [0.4, 0.5) is 14.5 Å². The fraction of sp³-hybridized carbons (Fsp3) is 0.312. The second-order valence-corrected chi connectivity index (χ2v) is 6.59. The van der Waals surface area contributed by atoms with Gasteiger partial charge in [0.15, 0.2) is 0 Å². The molecule has 0 atom stereocenters. The molecule has 0 unspecified atom stereocenters. The summed E-state index contributed by atoms with van der Waals surface area (Å²) in [5.74, 6) is -1.43. The van der Waals surface area contributed by atoms with Crippen LogP contribution >= 0.6 is 11.3 Å². The van der Waals surface area contributed by atoms with Gasteiger partial charge in [0.25, 0.3) is 5.91 Å². The first kappa shape index (κ1) is 13.8. The molecule has 1 amide bonds. The number of benzene rings is 1. The summed E-state index contributed by atoms with van der Waals surface area (Å²) in [6, 6.07) is 3.95. The van der Waals surface area contributed by atoms with Gasteiger partial charge in [-0.05, 0) is 24.1 Å². The summed E-state index contributed by atoms with van der Waals surface area (Å²) in [7, 11) is 0. The van der Waals surface area contributed by atoms with Crippen LogP contribution in [0.3, 0.4) is 0 Å². The Morgan fingerprint density at radius 1 is 1.23 bits per heavy atom. The monoisotopic (exact) mass is 321 g/mol. The van der Waals surface area contributed by atoms with Gasteiger partial charge in [-0.2, -0.15) is 0 Å². The van der Waals surface area contributed by atoms with Crippen molar-refractivity contribution in [1.82, 2.24) is 0 Å². The average Bonchev–Trinajstić information content (AvgIpc) is 3.09. The second kappa shape index (κ2) is 5.14. The Labute approximate surface area is 130 Å². The number of fused-ring (bicyclic) bond motifs is 2. The molecule has 2 aliphatic rings. The number of hydrogen-bond donors (Lipinski definition) is 0. The Hall–Kier alpha value is -1.79. The summed E-state index contributed by atoms with van der Waals surface area (Å²) < 4.78 is 32.6. The van der Waals surface area contributed by atoms with Crippen molar-refractivity contribution < 1.29 is 18.3 Å². The number of amides is 1. The normalized spacial score (nSPS) is 16.5. The molecule has 0 spiro atoms. The first-order chi connectivity index (χ1) is 10.6. The van der Waals surface area contributed by atoms with E-state index in [1.165, 1.54) is 27.2 Å². The molecular weight excluding hydrogens is 308 g/mol. The Morgan fingerprint density at radius 2 is 2.09 bits per heavy atom. The Kier molecular flexibility index (Phi) is 3.23. The van der Waals surface area contributed by atoms with Crippen LogP contribution in [0.5, 0.6) is 0 Å². The molecule has 3 heterocycles. The molecule has 1 aromatic heterocycles. The minimum atomic E-state index is -0.658. The highest BCUT2D eigenvalue weighted by atomic mass is 32.1. The van der Waals surface area contributed by atoms with E-state index in [0.29, 0.717) is 42.3 Å². The summed E-state index contributed by atoms with van der Waals surface area (Å²) in [6.07, 6.45) is 1.23. The van der Waals surface area contributed by atoms with Gasteiger partial charge < -0.3 is 9.64 Å². The summed E-state index contributed by atoms with van der Waals surface area (Å²) in [4.78, 5) is 15.9. The molecule has 6 heteroatoms. The van der Waals surface area contributed by atoms with Crippen molar-refractivity contribution in [2.24, 2.45) is 0 Å². The number of ether oxygens (including phenoxy) is 1. The Balaban J connectivity index is 1.69. The van der Waals surface area contributed by atoms with Crippen molar-refractivity contribution in [3.05, 3.63) is 50.7 Å². The van der Waals surface area contributed by atoms with E-state index in [0.717, 1.165) is 18.1 Å². The van der Waals surface area contributed by atoms with Gasteiger partial charge in [0, 0.05) is 29.5 Å². The average molecular weight is 321 g/mol. The first-order valence-corrected chi connectivity index (χ1v) is 7.94. The minimum absolute atomic E-state index is 0.192. The number of thiophene rings is 1. The summed E-state index contributed by atoms with van der Waals surface area (Å²) in [5.41, 5.74) is 1.81. The molecule has 0 aliphatic carbocycles. The van der Waals surface area contributed by atoms with E-state index in [9.17, 15) is 13.6 Å². The fourth-order valence-electron chi connectivity index (χ4n) is 3.02. The molecule has 0 fully saturated rings. The zero-order valence-electron chi connectivity index (χ0n) is 11.7. The quantitative estimate of drug-likeness (QED) is 0.806. The molecule has 0 bridgehead atoms. The number of anilines is 1. The lowest BCUT2D eigenvalue weighted by molar-refractivity contribution is 0.0992. The highest BCUT2D eigenvalue weighted by Gasteiger charge is 2.30. The number of halogens is 2. The van der Waals surface area contributed by atoms with Gasteiger partial charge in [-0.1, -0.05) is 0 Å². The van der Waals surface area contributed by atoms with Crippen LogP contribution in [0.1, 0.15) is 25.7 Å². The van der Waals surface area contributed by atoms with Crippen molar-refractivity contribution >= 4 is 22.9 Å². The van der Waals surface area contributed by atoms with Crippen LogP contribution < -0.4 is 4.90 Å². The van der Waals surface area contributed by atoms with Gasteiger partial charge in [0.05, 0.1) is 23.8 Å². The molecule has 0 saturated heterocycles. The van der Waals surface area contributed by atoms with Crippen LogP contribution in [-0.2, 0) is 24.2 Å². The van der Waals surface area contributed by atoms with Crippen LogP contribution in [0.15, 0.2) is 18.2 Å². The predicted molar refractivity (Wildman–Crippen MR) is 79.4 cm³/mol. The molecule has 0 N–H and O–H groups in total. The van der Waals surface area contributed by atoms with E-state index in [1.807, 2.05) is 6.07 Å². The molecular formula is C16H13F2NO2S. The van der Waals surface area contributed by atoms with E-state index in [-0.39, 0.29) is 5.91 Å². The van der Waals surface area contributed by atoms with Crippen molar-refractivity contribution in [2.45, 2.75) is 19.4 Å². The maximum absolute atomic E-state index is 13.8. The molecule has 4 rings (SSSR count). The standard InChI is InChI=1S/C16H13F2NO2S/c17-10-6-12(18)11-1-3-19(13(11)7-10)16(20)15-5-9-8-21-4-2-14(9)22-15/h5-7H,1-4,8H2. The van der Waals surface area contributed by atoms with Gasteiger partial charge in [0.2, 0.25) is 0 Å². The van der Waals surface area contributed by atoms with Crippen molar-refractivity contribution in [1.29, 1.82) is 0 Å². The van der Waals surface area contributed by atoms with Crippen molar-refractivity contribution in [2.75, 3.05) is 18.1 Å². The SMILES string of the molecule is O=C(c1cc2c(s1)CCOC2)N1CCc2c(F)cc(F)cc21. The number of rotatable bonds is 1. The van der Waals surface area contributed by atoms with Crippen molar-refractivity contribution in [3.63, 3.8) is 0 Å². The maximum Gasteiger partial charge on any atom is 0.268 e. The van der Waals surface area contributed by atoms with E-state index in [1.54, 1.807) is 0 Å². The zero-order valence-corrected chi connectivity index (χ0v) is 12.5. The second-order valence-electron chi connectivity index (χ2n) is 5.45. The van der Waals surface area contributed by atoms with Crippen LogP contribution in [0.2, 0.25) is 0 Å². The van der Waals surface area contributed by atoms with E-state index in [4.69, 9.17) is 4.74 Å². The molecule has 0 radical (unpaired) electrons. The number of nitrogens with zero attached hydrogens (tertiary/aromatic N) is 1. The summed E-state index contributed by atoms with van der Waals surface area (Å²) in [5, 5.41) is 0. The maximum atomic E-state index is 13.8. The predicted octanol–water partition coefficient (Wildman–Crippen LogP) is 3.30. The van der Waals surface area contributed by atoms with Gasteiger partial charge in [-0.25, -0.2) is 8.78 Å². The smallest absolute Gasteiger partial charge is 0.268 e. The lowest BCUT2D eigenvalue weighted by atomic mass is 10.1. The number of carbonyl (C=O) groups is 1. The fourth-order valence-corrected chi connectivity index (χ4v) is 4.12. The van der Waals surface area contributed by atoms with E-state index < -0.39 is 11.6 Å². The van der Waals surface area contributed by atoms with Gasteiger partial charge in [0.1, 0.15) is 11.6 Å². The Bertz CT molecular complexity index is 748. The minimum Gasteiger partial charge on any atom is -0.376 e. The lowest BCUT2D eigenvalue weighted by Crippen LogP contribution is -2.28. The largest absolute Gasteiger partial charge is 0.376 e. The van der Waals surface area contributed by atoms with E-state index in [2.05, 4.69) is 0 Å². The third-order valence-electron chi connectivity index (χ3n) is 4.10. The van der Waals surface area contributed by atoms with Crippen LogP contribution in [0.25, 0.3) is 0 Å². The first-order valence-electron chi connectivity index (χ1n) is 7.12. The topological polar surface area (TPSA) is 29.5 Å². The summed E-state index contributed by atoms with van der Waals surface area (Å²) in [6.45, 7) is 1.58. The lowest BCUT2D eigenvalue weighted by Gasteiger charge is -2.16. The highest BCUT2D eigenvalue weighted by Crippen LogP contribution is 2.34. The third kappa shape index (κ3) is 2.14. The van der Waals surface area contributed by atoms with Gasteiger partial charge >= 0.3 is 0 Å². The van der Waals surface area contributed by atoms with E-state index >= 15 is 0 Å².